The molecule has 1 aliphatic carbocycles. The van der Waals surface area contributed by atoms with Gasteiger partial charge in [0.1, 0.15) is 0 Å². The average Bonchev–Trinajstić information content (AvgIpc) is 2.48. The van der Waals surface area contributed by atoms with E-state index in [1.807, 2.05) is 0 Å². The summed E-state index contributed by atoms with van der Waals surface area (Å²) in [7, 11) is -4.53. The second kappa shape index (κ2) is 7.90. The highest BCUT2D eigenvalue weighted by Crippen LogP contribution is 2.15. The SMILES string of the molecule is C1CCCCC1.NC(=O)c1cc(C(N)=O)cc(S(=O)(=O)O)c1. The Bertz CT molecular complexity index is 607. The Labute approximate surface area is 129 Å². The van der Waals surface area contributed by atoms with Crippen molar-refractivity contribution in [2.45, 2.75) is 43.4 Å². The van der Waals surface area contributed by atoms with E-state index >= 15 is 0 Å². The molecule has 2 amide bonds. The highest BCUT2D eigenvalue weighted by Gasteiger charge is 2.16. The van der Waals surface area contributed by atoms with Crippen LogP contribution in [0.3, 0.4) is 0 Å². The summed E-state index contributed by atoms with van der Waals surface area (Å²) in [5, 5.41) is 0. The fraction of sp³-hybridized carbons (Fsp3) is 0.429. The summed E-state index contributed by atoms with van der Waals surface area (Å²) in [5.41, 5.74) is 9.39. The second-order valence-electron chi connectivity index (χ2n) is 5.07. The number of hydrogen-bond acceptors (Lipinski definition) is 4. The van der Waals surface area contributed by atoms with Gasteiger partial charge in [-0.15, -0.1) is 0 Å². The van der Waals surface area contributed by atoms with Gasteiger partial charge in [-0.3, -0.25) is 14.1 Å². The molecule has 7 nitrogen and oxygen atoms in total. The molecule has 122 valence electrons. The maximum absolute atomic E-state index is 10.8. The molecular formula is C14H20N2O5S. The molecule has 1 fully saturated rings. The first-order valence-corrected chi connectivity index (χ1v) is 8.38. The van der Waals surface area contributed by atoms with Crippen LogP contribution in [0.1, 0.15) is 59.2 Å². The standard InChI is InChI=1S/C8H8N2O5S.C6H12/c9-7(11)4-1-5(8(10)12)3-6(2-4)16(13,14)15;1-2-4-6-5-3-1/h1-3H,(H2,9,11)(H2,10,12)(H,13,14,15);1-6H2. The van der Waals surface area contributed by atoms with Gasteiger partial charge in [-0.2, -0.15) is 8.42 Å². The first kappa shape index (κ1) is 18.1. The summed E-state index contributed by atoms with van der Waals surface area (Å²) in [5.74, 6) is -1.87. The summed E-state index contributed by atoms with van der Waals surface area (Å²) in [6.07, 6.45) is 9.00. The van der Waals surface area contributed by atoms with Gasteiger partial charge in [-0.05, 0) is 18.2 Å². The van der Waals surface area contributed by atoms with Crippen molar-refractivity contribution in [3.63, 3.8) is 0 Å². The second-order valence-corrected chi connectivity index (χ2v) is 6.49. The maximum atomic E-state index is 10.8. The normalized spacial score (nSPS) is 14.6. The van der Waals surface area contributed by atoms with Crippen LogP contribution in [0.25, 0.3) is 0 Å². The van der Waals surface area contributed by atoms with Crippen LogP contribution in [0.2, 0.25) is 0 Å². The van der Waals surface area contributed by atoms with Crippen LogP contribution in [-0.4, -0.2) is 24.8 Å². The minimum atomic E-state index is -4.53. The van der Waals surface area contributed by atoms with E-state index < -0.39 is 26.8 Å². The molecule has 0 heterocycles. The van der Waals surface area contributed by atoms with Crippen molar-refractivity contribution in [2.75, 3.05) is 0 Å². The lowest BCUT2D eigenvalue weighted by Crippen LogP contribution is -2.17. The number of primary amides is 2. The average molecular weight is 328 g/mol. The first-order chi connectivity index (χ1) is 10.2. The van der Waals surface area contributed by atoms with Crippen LogP contribution in [0.4, 0.5) is 0 Å². The first-order valence-electron chi connectivity index (χ1n) is 6.94. The number of benzene rings is 1. The molecule has 1 saturated carbocycles. The number of amides is 2. The quantitative estimate of drug-likeness (QED) is 0.720. The summed E-state index contributed by atoms with van der Waals surface area (Å²) in [6, 6.07) is 2.74. The van der Waals surface area contributed by atoms with Gasteiger partial charge >= 0.3 is 0 Å². The fourth-order valence-corrected chi connectivity index (χ4v) is 2.64. The zero-order valence-electron chi connectivity index (χ0n) is 12.1. The molecule has 22 heavy (non-hydrogen) atoms. The van der Waals surface area contributed by atoms with Gasteiger partial charge in [0.05, 0.1) is 4.90 Å². The van der Waals surface area contributed by atoms with Gasteiger partial charge in [-0.25, -0.2) is 0 Å². The molecule has 0 spiro atoms. The van der Waals surface area contributed by atoms with Crippen LogP contribution in [0, 0.1) is 0 Å². The minimum absolute atomic E-state index is 0.232. The molecule has 1 aromatic carbocycles. The van der Waals surface area contributed by atoms with Crippen LogP contribution in [0.5, 0.6) is 0 Å². The number of carbonyl (C=O) groups is 2. The summed E-state index contributed by atoms with van der Waals surface area (Å²) in [4.78, 5) is 21.1. The summed E-state index contributed by atoms with van der Waals surface area (Å²) in [6.45, 7) is 0. The Kier molecular flexibility index (Phi) is 6.51. The van der Waals surface area contributed by atoms with Gasteiger partial charge in [0, 0.05) is 11.1 Å². The molecule has 0 saturated heterocycles. The number of carbonyl (C=O) groups excluding carboxylic acids is 2. The molecule has 1 aliphatic rings. The summed E-state index contributed by atoms with van der Waals surface area (Å²) < 4.78 is 30.4. The third-order valence-electron chi connectivity index (χ3n) is 3.27. The lowest BCUT2D eigenvalue weighted by molar-refractivity contribution is 0.0999. The Morgan fingerprint density at radius 2 is 1.14 bits per heavy atom. The van der Waals surface area contributed by atoms with E-state index in [4.69, 9.17) is 16.0 Å². The highest BCUT2D eigenvalue weighted by molar-refractivity contribution is 7.85. The zero-order valence-corrected chi connectivity index (χ0v) is 12.9. The molecule has 0 radical (unpaired) electrons. The van der Waals surface area contributed by atoms with Crippen LogP contribution in [0.15, 0.2) is 23.1 Å². The lowest BCUT2D eigenvalue weighted by atomic mass is 10.0. The van der Waals surface area contributed by atoms with Crippen molar-refractivity contribution in [2.24, 2.45) is 11.5 Å². The Morgan fingerprint density at radius 3 is 1.36 bits per heavy atom. The van der Waals surface area contributed by atoms with Crippen molar-refractivity contribution >= 4 is 21.9 Å². The van der Waals surface area contributed by atoms with Gasteiger partial charge < -0.3 is 11.5 Å². The lowest BCUT2D eigenvalue weighted by Gasteiger charge is -2.05. The Hall–Kier alpha value is -1.93. The van der Waals surface area contributed by atoms with Crippen molar-refractivity contribution in [1.29, 1.82) is 0 Å². The van der Waals surface area contributed by atoms with Crippen molar-refractivity contribution in [3.05, 3.63) is 29.3 Å². The third-order valence-corrected chi connectivity index (χ3v) is 4.10. The van der Waals surface area contributed by atoms with Gasteiger partial charge in [0.15, 0.2) is 0 Å². The largest absolute Gasteiger partial charge is 0.366 e. The molecule has 1 aromatic rings. The van der Waals surface area contributed by atoms with Crippen molar-refractivity contribution in [3.8, 4) is 0 Å². The van der Waals surface area contributed by atoms with Gasteiger partial charge in [0.2, 0.25) is 11.8 Å². The molecule has 2 rings (SSSR count). The zero-order chi connectivity index (χ0) is 16.8. The molecule has 0 aliphatic heterocycles. The highest BCUT2D eigenvalue weighted by atomic mass is 32.2. The molecule has 0 unspecified atom stereocenters. The Balaban J connectivity index is 0.000000335. The number of nitrogens with two attached hydrogens (primary N) is 2. The number of hydrogen-bond donors (Lipinski definition) is 3. The van der Waals surface area contributed by atoms with Crippen LogP contribution < -0.4 is 11.5 Å². The van der Waals surface area contributed by atoms with Crippen LogP contribution >= 0.6 is 0 Å². The molecule has 0 atom stereocenters. The predicted molar refractivity (Wildman–Crippen MR) is 81.0 cm³/mol. The smallest absolute Gasteiger partial charge is 0.294 e. The van der Waals surface area contributed by atoms with Crippen molar-refractivity contribution < 1.29 is 22.6 Å². The third kappa shape index (κ3) is 5.82. The molecule has 8 heteroatoms. The molecule has 0 bridgehead atoms. The topological polar surface area (TPSA) is 141 Å². The van der Waals surface area contributed by atoms with E-state index in [1.54, 1.807) is 0 Å². The monoisotopic (exact) mass is 328 g/mol. The molecule has 5 N–H and O–H groups in total. The predicted octanol–water partition coefficient (Wildman–Crippen LogP) is 1.47. The molecular weight excluding hydrogens is 308 g/mol. The minimum Gasteiger partial charge on any atom is -0.366 e. The van der Waals surface area contributed by atoms with E-state index in [0.29, 0.717) is 0 Å². The Morgan fingerprint density at radius 1 is 0.818 bits per heavy atom. The van der Waals surface area contributed by atoms with E-state index in [9.17, 15) is 18.0 Å². The van der Waals surface area contributed by atoms with Crippen LogP contribution in [-0.2, 0) is 10.1 Å². The van der Waals surface area contributed by atoms with Crippen molar-refractivity contribution in [1.82, 2.24) is 0 Å². The van der Waals surface area contributed by atoms with E-state index in [0.717, 1.165) is 18.2 Å². The van der Waals surface area contributed by atoms with Gasteiger partial charge in [-0.1, -0.05) is 38.5 Å². The van der Waals surface area contributed by atoms with E-state index in [1.165, 1.54) is 38.5 Å². The maximum Gasteiger partial charge on any atom is 0.294 e. The molecule has 0 aromatic heterocycles. The fourth-order valence-electron chi connectivity index (χ4n) is 2.09. The van der Waals surface area contributed by atoms with Gasteiger partial charge in [0.25, 0.3) is 10.1 Å². The number of rotatable bonds is 3. The summed E-state index contributed by atoms with van der Waals surface area (Å²) >= 11 is 0. The van der Waals surface area contributed by atoms with E-state index in [-0.39, 0.29) is 11.1 Å². The van der Waals surface area contributed by atoms with E-state index in [2.05, 4.69) is 0 Å².